The Balaban J connectivity index is 1.55. The van der Waals surface area contributed by atoms with Gasteiger partial charge < -0.3 is 35.6 Å². The van der Waals surface area contributed by atoms with Crippen molar-refractivity contribution in [3.8, 4) is 11.8 Å². The highest BCUT2D eigenvalue weighted by atomic mass is 35.5. The summed E-state index contributed by atoms with van der Waals surface area (Å²) in [7, 11) is -4.27. The second kappa shape index (κ2) is 13.1. The third kappa shape index (κ3) is 6.58. The SMILES string of the molecule is N#Cc1cc(Cl)cc2c1C[C@H](N1CCNCC1)[C@H]2Oc1ccc(S(=O)(=O)N[C@@H](CO)[C@@H](O)[C@H](O)C(O)CO)cc1. The van der Waals surface area contributed by atoms with E-state index < -0.39 is 53.7 Å². The fourth-order valence-electron chi connectivity index (χ4n) is 5.14. The number of fused-ring (bicyclic) bond motifs is 1. The molecule has 1 heterocycles. The van der Waals surface area contributed by atoms with Crippen LogP contribution in [0.5, 0.6) is 5.75 Å². The molecule has 0 spiro atoms. The molecule has 1 aliphatic heterocycles. The van der Waals surface area contributed by atoms with E-state index in [4.69, 9.17) is 21.4 Å². The first kappa shape index (κ1) is 30.6. The lowest BCUT2D eigenvalue weighted by atomic mass is 10.0. The molecule has 0 saturated carbocycles. The predicted octanol–water partition coefficient (Wildman–Crippen LogP) is -1.12. The number of ether oxygens (including phenoxy) is 1. The lowest BCUT2D eigenvalue weighted by Gasteiger charge is -2.36. The summed E-state index contributed by atoms with van der Waals surface area (Å²) in [6.45, 7) is 1.51. The van der Waals surface area contributed by atoms with Crippen LogP contribution >= 0.6 is 11.6 Å². The maximum absolute atomic E-state index is 12.9. The Kier molecular flexibility index (Phi) is 10.0. The first-order valence-corrected chi connectivity index (χ1v) is 14.7. The molecule has 40 heavy (non-hydrogen) atoms. The minimum Gasteiger partial charge on any atom is -0.484 e. The molecule has 0 amide bonds. The quantitative estimate of drug-likeness (QED) is 0.166. The fraction of sp³-hybridized carbons (Fsp3) is 0.500. The fourth-order valence-corrected chi connectivity index (χ4v) is 6.61. The number of hydrogen-bond acceptors (Lipinski definition) is 11. The van der Waals surface area contributed by atoms with Gasteiger partial charge in [0, 0.05) is 31.2 Å². The lowest BCUT2D eigenvalue weighted by molar-refractivity contribution is -0.0891. The minimum absolute atomic E-state index is 0.0553. The molecule has 1 fully saturated rings. The number of nitriles is 1. The topological polar surface area (TPSA) is 196 Å². The summed E-state index contributed by atoms with van der Waals surface area (Å²) in [6, 6.07) is 9.61. The van der Waals surface area contributed by atoms with Gasteiger partial charge in [0.15, 0.2) is 0 Å². The number of sulfonamides is 1. The predicted molar refractivity (Wildman–Crippen MR) is 144 cm³/mol. The van der Waals surface area contributed by atoms with Crippen molar-refractivity contribution >= 4 is 21.6 Å². The van der Waals surface area contributed by atoms with Gasteiger partial charge in [-0.1, -0.05) is 11.6 Å². The van der Waals surface area contributed by atoms with Crippen LogP contribution in [0.15, 0.2) is 41.3 Å². The number of nitrogens with one attached hydrogen (secondary N) is 2. The molecule has 12 nitrogen and oxygen atoms in total. The summed E-state index contributed by atoms with van der Waals surface area (Å²) >= 11 is 6.32. The number of benzene rings is 2. The molecular weight excluding hydrogens is 564 g/mol. The van der Waals surface area contributed by atoms with Gasteiger partial charge in [0.25, 0.3) is 0 Å². The van der Waals surface area contributed by atoms with Gasteiger partial charge in [-0.3, -0.25) is 4.90 Å². The smallest absolute Gasteiger partial charge is 0.240 e. The van der Waals surface area contributed by atoms with Crippen LogP contribution in [0, 0.1) is 11.3 Å². The summed E-state index contributed by atoms with van der Waals surface area (Å²) in [5, 5.41) is 61.6. The maximum atomic E-state index is 12.9. The monoisotopic (exact) mass is 596 g/mol. The number of hydrogen-bond donors (Lipinski definition) is 7. The molecule has 0 radical (unpaired) electrons. The van der Waals surface area contributed by atoms with E-state index in [-0.39, 0.29) is 10.9 Å². The highest BCUT2D eigenvalue weighted by molar-refractivity contribution is 7.89. The second-order valence-electron chi connectivity index (χ2n) is 9.84. The molecule has 218 valence electrons. The van der Waals surface area contributed by atoms with Crippen molar-refractivity contribution < 1.29 is 38.7 Å². The molecule has 1 saturated heterocycles. The van der Waals surface area contributed by atoms with Crippen molar-refractivity contribution in [2.24, 2.45) is 0 Å². The molecular formula is C26H33ClN4O8S. The van der Waals surface area contributed by atoms with Crippen molar-refractivity contribution in [1.82, 2.24) is 14.9 Å². The Hall–Kier alpha value is -2.35. The van der Waals surface area contributed by atoms with Crippen LogP contribution in [-0.2, 0) is 16.4 Å². The largest absolute Gasteiger partial charge is 0.484 e. The van der Waals surface area contributed by atoms with Crippen LogP contribution in [0.25, 0.3) is 0 Å². The summed E-state index contributed by atoms with van der Waals surface area (Å²) in [6.07, 6.45) is -5.35. The zero-order valence-electron chi connectivity index (χ0n) is 21.5. The molecule has 0 bridgehead atoms. The standard InChI is InChI=1S/C26H33ClN4O8S/c27-16-9-15(12-28)19-11-22(31-7-5-29-6-8-31)26(20(19)10-16)39-17-1-3-18(4-2-17)40(37,38)30-21(13-32)24(35)25(36)23(34)14-33/h1-4,9-10,21-26,29-30,32-36H,5-8,11,13-14H2/t21-,22-,23?,24+,25+,26-/m0/s1. The third-order valence-corrected chi connectivity index (χ3v) is 9.03. The van der Waals surface area contributed by atoms with Gasteiger partial charge in [0.2, 0.25) is 10.0 Å². The highest BCUT2D eigenvalue weighted by Gasteiger charge is 2.40. The summed E-state index contributed by atoms with van der Waals surface area (Å²) in [5.74, 6) is 0.385. The zero-order valence-corrected chi connectivity index (χ0v) is 23.1. The Morgan fingerprint density at radius 1 is 1.10 bits per heavy atom. The number of halogens is 1. The Morgan fingerprint density at radius 3 is 2.38 bits per heavy atom. The van der Waals surface area contributed by atoms with Crippen molar-refractivity contribution in [3.63, 3.8) is 0 Å². The molecule has 2 aliphatic rings. The van der Waals surface area contributed by atoms with Crippen molar-refractivity contribution in [1.29, 1.82) is 5.26 Å². The minimum atomic E-state index is -4.27. The molecule has 1 aliphatic carbocycles. The molecule has 2 aromatic carbocycles. The van der Waals surface area contributed by atoms with E-state index in [1.54, 1.807) is 12.1 Å². The Morgan fingerprint density at radius 2 is 1.77 bits per heavy atom. The maximum Gasteiger partial charge on any atom is 0.240 e. The van der Waals surface area contributed by atoms with Crippen LogP contribution in [0.3, 0.4) is 0 Å². The van der Waals surface area contributed by atoms with Crippen molar-refractivity contribution in [2.45, 2.75) is 47.8 Å². The molecule has 1 unspecified atom stereocenters. The van der Waals surface area contributed by atoms with Crippen LogP contribution in [0.4, 0.5) is 0 Å². The van der Waals surface area contributed by atoms with E-state index in [2.05, 4.69) is 21.0 Å². The van der Waals surface area contributed by atoms with Crippen molar-refractivity contribution in [2.75, 3.05) is 39.4 Å². The summed E-state index contributed by atoms with van der Waals surface area (Å²) in [5.41, 5.74) is 2.19. The second-order valence-corrected chi connectivity index (χ2v) is 12.0. The number of aliphatic hydroxyl groups is 5. The first-order valence-electron chi connectivity index (χ1n) is 12.8. The van der Waals surface area contributed by atoms with Gasteiger partial charge in [-0.25, -0.2) is 13.1 Å². The number of aliphatic hydroxyl groups excluding tert-OH is 5. The number of piperazine rings is 1. The van der Waals surface area contributed by atoms with E-state index in [1.165, 1.54) is 24.3 Å². The van der Waals surface area contributed by atoms with E-state index in [0.717, 1.165) is 37.3 Å². The molecule has 14 heteroatoms. The average Bonchev–Trinajstić information content (AvgIpc) is 3.32. The van der Waals surface area contributed by atoms with Gasteiger partial charge in [-0.15, -0.1) is 0 Å². The highest BCUT2D eigenvalue weighted by Crippen LogP contribution is 2.41. The average molecular weight is 597 g/mol. The van der Waals surface area contributed by atoms with Gasteiger partial charge in [-0.05, 0) is 53.9 Å². The van der Waals surface area contributed by atoms with E-state index in [1.807, 2.05) is 0 Å². The van der Waals surface area contributed by atoms with Crippen LogP contribution < -0.4 is 14.8 Å². The third-order valence-electron chi connectivity index (χ3n) is 7.30. The molecule has 2 aromatic rings. The van der Waals surface area contributed by atoms with Crippen molar-refractivity contribution in [3.05, 3.63) is 58.1 Å². The normalized spacial score (nSPS) is 22.6. The van der Waals surface area contributed by atoms with Crippen LogP contribution in [-0.4, -0.2) is 109 Å². The molecule has 0 aromatic heterocycles. The summed E-state index contributed by atoms with van der Waals surface area (Å²) in [4.78, 5) is 2.12. The van der Waals surface area contributed by atoms with Gasteiger partial charge in [0.1, 0.15) is 30.2 Å². The number of nitrogens with zero attached hydrogens (tertiary/aromatic N) is 2. The molecule has 7 N–H and O–H groups in total. The van der Waals surface area contributed by atoms with E-state index >= 15 is 0 Å². The number of rotatable bonds is 11. The lowest BCUT2D eigenvalue weighted by Crippen LogP contribution is -2.54. The van der Waals surface area contributed by atoms with Crippen LogP contribution in [0.2, 0.25) is 5.02 Å². The van der Waals surface area contributed by atoms with Gasteiger partial charge >= 0.3 is 0 Å². The Bertz CT molecular complexity index is 1320. The van der Waals surface area contributed by atoms with Gasteiger partial charge in [0.05, 0.1) is 41.8 Å². The van der Waals surface area contributed by atoms with Gasteiger partial charge in [-0.2, -0.15) is 5.26 Å². The molecule has 4 rings (SSSR count). The molecule has 6 atom stereocenters. The first-order chi connectivity index (χ1) is 19.1. The zero-order chi connectivity index (χ0) is 29.0. The van der Waals surface area contributed by atoms with E-state index in [9.17, 15) is 34.1 Å². The van der Waals surface area contributed by atoms with E-state index in [0.29, 0.717) is 22.8 Å². The van der Waals surface area contributed by atoms with Crippen LogP contribution in [0.1, 0.15) is 22.8 Å². The Labute approximate surface area is 237 Å². The summed E-state index contributed by atoms with van der Waals surface area (Å²) < 4.78 is 34.4.